The largest absolute Gasteiger partial charge is 0.301 e. The molecule has 0 aliphatic heterocycles. The van der Waals surface area contributed by atoms with E-state index in [1.807, 2.05) is 0 Å². The fourth-order valence-electron chi connectivity index (χ4n) is 3.75. The third kappa shape index (κ3) is 0.909. The Morgan fingerprint density at radius 2 is 2.00 bits per heavy atom. The first kappa shape index (κ1) is 8.80. The average molecular weight is 212 g/mol. The lowest BCUT2D eigenvalue weighted by atomic mass is 10.0. The van der Waals surface area contributed by atoms with Crippen molar-refractivity contribution in [3.8, 4) is 0 Å². The van der Waals surface area contributed by atoms with Crippen LogP contribution in [0.1, 0.15) is 53.7 Å². The molecule has 1 saturated carbocycles. The zero-order valence-corrected chi connectivity index (χ0v) is 9.83. The highest BCUT2D eigenvalue weighted by atomic mass is 15.1. The summed E-state index contributed by atoms with van der Waals surface area (Å²) >= 11 is 0. The molecular formula is C14H16N2. The molecule has 16 heavy (non-hydrogen) atoms. The van der Waals surface area contributed by atoms with Crippen LogP contribution in [0.4, 0.5) is 0 Å². The van der Waals surface area contributed by atoms with E-state index >= 15 is 0 Å². The van der Waals surface area contributed by atoms with Gasteiger partial charge in [-0.25, -0.2) is 4.98 Å². The minimum Gasteiger partial charge on any atom is -0.301 e. The lowest BCUT2D eigenvalue weighted by Gasteiger charge is -2.12. The zero-order chi connectivity index (χ0) is 10.9. The molecule has 4 rings (SSSR count). The van der Waals surface area contributed by atoms with Crippen molar-refractivity contribution < 1.29 is 0 Å². The van der Waals surface area contributed by atoms with Crippen LogP contribution in [0.2, 0.25) is 0 Å². The van der Waals surface area contributed by atoms with Crippen molar-refractivity contribution in [2.75, 3.05) is 0 Å². The second kappa shape index (κ2) is 2.68. The van der Waals surface area contributed by atoms with Gasteiger partial charge in [-0.2, -0.15) is 0 Å². The van der Waals surface area contributed by atoms with E-state index in [0.29, 0.717) is 0 Å². The van der Waals surface area contributed by atoms with Crippen molar-refractivity contribution in [3.05, 3.63) is 34.8 Å². The monoisotopic (exact) mass is 212 g/mol. The van der Waals surface area contributed by atoms with E-state index in [2.05, 4.69) is 30.4 Å². The SMILES string of the molecule is Cc1cc(C)n2c3c(nc2c1)C1CCC3C1. The summed E-state index contributed by atoms with van der Waals surface area (Å²) in [4.78, 5) is 4.86. The highest BCUT2D eigenvalue weighted by Gasteiger charge is 2.40. The molecular weight excluding hydrogens is 196 g/mol. The first-order valence-corrected chi connectivity index (χ1v) is 6.23. The number of aromatic nitrogens is 2. The van der Waals surface area contributed by atoms with E-state index in [1.54, 1.807) is 0 Å². The van der Waals surface area contributed by atoms with Crippen molar-refractivity contribution in [1.82, 2.24) is 9.38 Å². The molecule has 82 valence electrons. The van der Waals surface area contributed by atoms with Gasteiger partial charge in [-0.1, -0.05) is 0 Å². The molecule has 0 aromatic carbocycles. The van der Waals surface area contributed by atoms with Gasteiger partial charge in [0.2, 0.25) is 0 Å². The van der Waals surface area contributed by atoms with Crippen LogP contribution in [-0.4, -0.2) is 9.38 Å². The van der Waals surface area contributed by atoms with Crippen LogP contribution in [0.3, 0.4) is 0 Å². The Morgan fingerprint density at radius 3 is 2.88 bits per heavy atom. The molecule has 2 heterocycles. The highest BCUT2D eigenvalue weighted by Crippen LogP contribution is 2.52. The lowest BCUT2D eigenvalue weighted by Crippen LogP contribution is -2.02. The van der Waals surface area contributed by atoms with Crippen LogP contribution in [-0.2, 0) is 0 Å². The van der Waals surface area contributed by atoms with Crippen LogP contribution >= 0.6 is 0 Å². The van der Waals surface area contributed by atoms with E-state index in [1.165, 1.54) is 47.6 Å². The van der Waals surface area contributed by atoms with Gasteiger partial charge < -0.3 is 4.40 Å². The molecule has 2 aliphatic rings. The number of aryl methyl sites for hydroxylation is 2. The summed E-state index contributed by atoms with van der Waals surface area (Å²) < 4.78 is 2.40. The number of fused-ring (bicyclic) bond motifs is 7. The average Bonchev–Trinajstić information content (AvgIpc) is 2.83. The van der Waals surface area contributed by atoms with Crippen LogP contribution < -0.4 is 0 Å². The van der Waals surface area contributed by atoms with Gasteiger partial charge in [-0.05, 0) is 50.8 Å². The molecule has 0 saturated heterocycles. The molecule has 2 unspecified atom stereocenters. The normalized spacial score (nSPS) is 26.6. The molecule has 2 aromatic heterocycles. The maximum absolute atomic E-state index is 4.86. The van der Waals surface area contributed by atoms with Crippen molar-refractivity contribution in [2.24, 2.45) is 0 Å². The molecule has 2 nitrogen and oxygen atoms in total. The minimum atomic E-state index is 0.764. The molecule has 2 aliphatic carbocycles. The van der Waals surface area contributed by atoms with E-state index in [9.17, 15) is 0 Å². The van der Waals surface area contributed by atoms with Crippen LogP contribution in [0.25, 0.3) is 5.65 Å². The predicted molar refractivity (Wildman–Crippen MR) is 64.0 cm³/mol. The van der Waals surface area contributed by atoms with Crippen LogP contribution in [0.5, 0.6) is 0 Å². The fourth-order valence-corrected chi connectivity index (χ4v) is 3.75. The first-order valence-electron chi connectivity index (χ1n) is 6.23. The number of nitrogens with zero attached hydrogens (tertiary/aromatic N) is 2. The summed E-state index contributed by atoms with van der Waals surface area (Å²) in [5.74, 6) is 1.55. The molecule has 0 N–H and O–H groups in total. The van der Waals surface area contributed by atoms with E-state index < -0.39 is 0 Å². The second-order valence-electron chi connectivity index (χ2n) is 5.46. The quantitative estimate of drug-likeness (QED) is 0.655. The predicted octanol–water partition coefficient (Wildman–Crippen LogP) is 3.32. The van der Waals surface area contributed by atoms with Gasteiger partial charge in [0.05, 0.1) is 5.69 Å². The Bertz CT molecular complexity index is 594. The second-order valence-corrected chi connectivity index (χ2v) is 5.46. The fraction of sp³-hybridized carbons (Fsp3) is 0.500. The molecule has 2 aromatic rings. The Labute approximate surface area is 95.3 Å². The number of hydrogen-bond donors (Lipinski definition) is 0. The topological polar surface area (TPSA) is 17.3 Å². The van der Waals surface area contributed by atoms with Crippen molar-refractivity contribution in [1.29, 1.82) is 0 Å². The molecule has 0 amide bonds. The smallest absolute Gasteiger partial charge is 0.137 e. The first-order chi connectivity index (χ1) is 7.74. The summed E-state index contributed by atoms with van der Waals surface area (Å²) in [5, 5.41) is 0. The zero-order valence-electron chi connectivity index (χ0n) is 9.83. The summed E-state index contributed by atoms with van der Waals surface area (Å²) in [7, 11) is 0. The third-order valence-electron chi connectivity index (χ3n) is 4.32. The summed E-state index contributed by atoms with van der Waals surface area (Å²) in [6.07, 6.45) is 4.09. The van der Waals surface area contributed by atoms with Gasteiger partial charge >= 0.3 is 0 Å². The number of hydrogen-bond acceptors (Lipinski definition) is 1. The Balaban J connectivity index is 2.13. The maximum Gasteiger partial charge on any atom is 0.137 e. The Kier molecular flexibility index (Phi) is 1.47. The Hall–Kier alpha value is -1.31. The van der Waals surface area contributed by atoms with E-state index in [-0.39, 0.29) is 0 Å². The molecule has 2 atom stereocenters. The van der Waals surface area contributed by atoms with Gasteiger partial charge in [0.1, 0.15) is 5.65 Å². The van der Waals surface area contributed by atoms with Gasteiger partial charge in [0.25, 0.3) is 0 Å². The molecule has 2 heteroatoms. The van der Waals surface area contributed by atoms with Gasteiger partial charge in [0, 0.05) is 23.2 Å². The molecule has 2 bridgehead atoms. The number of rotatable bonds is 0. The van der Waals surface area contributed by atoms with Gasteiger partial charge in [-0.15, -0.1) is 0 Å². The number of imidazole rings is 1. The number of pyridine rings is 1. The van der Waals surface area contributed by atoms with Crippen LogP contribution in [0.15, 0.2) is 12.1 Å². The van der Waals surface area contributed by atoms with Crippen molar-refractivity contribution in [2.45, 2.75) is 44.9 Å². The lowest BCUT2D eigenvalue weighted by molar-refractivity contribution is 0.687. The van der Waals surface area contributed by atoms with Crippen LogP contribution in [0, 0.1) is 13.8 Å². The summed E-state index contributed by atoms with van der Waals surface area (Å²) in [5.41, 5.74) is 6.77. The summed E-state index contributed by atoms with van der Waals surface area (Å²) in [6.45, 7) is 4.36. The molecule has 0 radical (unpaired) electrons. The van der Waals surface area contributed by atoms with E-state index in [0.717, 1.165) is 11.8 Å². The highest BCUT2D eigenvalue weighted by molar-refractivity contribution is 5.51. The standard InChI is InChI=1S/C14H16N2/c1-8-5-9(2)16-12(6-8)15-13-10-3-4-11(7-10)14(13)16/h5-6,10-11H,3-4,7H2,1-2H3. The van der Waals surface area contributed by atoms with E-state index in [4.69, 9.17) is 4.98 Å². The van der Waals surface area contributed by atoms with Gasteiger partial charge in [0.15, 0.2) is 0 Å². The Morgan fingerprint density at radius 1 is 1.19 bits per heavy atom. The summed E-state index contributed by atoms with van der Waals surface area (Å²) in [6, 6.07) is 4.48. The maximum atomic E-state index is 4.86. The third-order valence-corrected chi connectivity index (χ3v) is 4.32. The molecule has 0 spiro atoms. The minimum absolute atomic E-state index is 0.764. The molecule has 1 fully saturated rings. The van der Waals surface area contributed by atoms with Gasteiger partial charge in [-0.3, -0.25) is 0 Å². The van der Waals surface area contributed by atoms with Crippen molar-refractivity contribution in [3.63, 3.8) is 0 Å². The van der Waals surface area contributed by atoms with Crippen molar-refractivity contribution >= 4 is 5.65 Å².